The Labute approximate surface area is 102 Å². The van der Waals surface area contributed by atoms with Crippen LogP contribution < -0.4 is 0 Å². The summed E-state index contributed by atoms with van der Waals surface area (Å²) in [6.07, 6.45) is 1.03. The normalized spacial score (nSPS) is 24.8. The summed E-state index contributed by atoms with van der Waals surface area (Å²) in [6.45, 7) is 6.17. The van der Waals surface area contributed by atoms with Gasteiger partial charge in [0.25, 0.3) is 0 Å². The minimum absolute atomic E-state index is 0.0906. The summed E-state index contributed by atoms with van der Waals surface area (Å²) in [4.78, 5) is 27.3. The van der Waals surface area contributed by atoms with E-state index in [1.54, 1.807) is 0 Å². The van der Waals surface area contributed by atoms with Crippen molar-refractivity contribution in [3.05, 3.63) is 0 Å². The van der Waals surface area contributed by atoms with Crippen LogP contribution in [-0.4, -0.2) is 66.9 Å². The van der Waals surface area contributed by atoms with Crippen molar-refractivity contribution in [1.29, 1.82) is 0 Å². The summed E-state index contributed by atoms with van der Waals surface area (Å²) in [5, 5.41) is 0. The average Bonchev–Trinajstić information content (AvgIpc) is 2.39. The molecule has 0 aromatic heterocycles. The molecule has 0 N–H and O–H groups in total. The largest absolute Gasteiger partial charge is 0.379 e. The summed E-state index contributed by atoms with van der Waals surface area (Å²) in [5.74, 6) is 0.424. The van der Waals surface area contributed by atoms with Gasteiger partial charge in [0, 0.05) is 39.0 Å². The Hall–Kier alpha value is -0.940. The highest BCUT2D eigenvalue weighted by Crippen LogP contribution is 2.11. The molecule has 1 unspecified atom stereocenters. The van der Waals surface area contributed by atoms with E-state index in [0.29, 0.717) is 39.1 Å². The van der Waals surface area contributed by atoms with Gasteiger partial charge in [-0.1, -0.05) is 0 Å². The Bertz CT molecular complexity index is 290. The topological polar surface area (TPSA) is 49.9 Å². The fourth-order valence-corrected chi connectivity index (χ4v) is 2.36. The molecule has 0 radical (unpaired) electrons. The zero-order chi connectivity index (χ0) is 12.3. The van der Waals surface area contributed by atoms with Crippen LogP contribution >= 0.6 is 0 Å². The van der Waals surface area contributed by atoms with Crippen LogP contribution in [0.25, 0.3) is 0 Å². The zero-order valence-electron chi connectivity index (χ0n) is 10.4. The van der Waals surface area contributed by atoms with Gasteiger partial charge in [0.2, 0.25) is 5.91 Å². The highest BCUT2D eigenvalue weighted by atomic mass is 16.5. The summed E-state index contributed by atoms with van der Waals surface area (Å²) in [6, 6.07) is -0.0906. The number of ketones is 1. The molecule has 2 aliphatic rings. The molecular formula is C12H20N2O3. The summed E-state index contributed by atoms with van der Waals surface area (Å²) < 4.78 is 5.28. The molecule has 5 heteroatoms. The number of likely N-dealkylation sites (tertiary alicyclic amines) is 1. The number of carbonyl (C=O) groups excluding carboxylic acids is 2. The van der Waals surface area contributed by atoms with Gasteiger partial charge in [-0.3, -0.25) is 14.5 Å². The number of carbonyl (C=O) groups is 2. The summed E-state index contributed by atoms with van der Waals surface area (Å²) in [7, 11) is 0. The smallest absolute Gasteiger partial charge is 0.239 e. The first-order chi connectivity index (χ1) is 8.18. The molecule has 2 fully saturated rings. The van der Waals surface area contributed by atoms with Crippen LogP contribution in [0.15, 0.2) is 0 Å². The molecule has 0 spiro atoms. The molecule has 2 rings (SSSR count). The number of hydrogen-bond donors (Lipinski definition) is 0. The van der Waals surface area contributed by atoms with Crippen molar-refractivity contribution in [1.82, 2.24) is 9.80 Å². The average molecular weight is 240 g/mol. The molecule has 0 aromatic carbocycles. The quantitative estimate of drug-likeness (QED) is 0.676. The molecule has 17 heavy (non-hydrogen) atoms. The lowest BCUT2D eigenvalue weighted by Crippen LogP contribution is -2.52. The van der Waals surface area contributed by atoms with Crippen LogP contribution in [0.4, 0.5) is 0 Å². The van der Waals surface area contributed by atoms with Crippen molar-refractivity contribution in [2.24, 2.45) is 0 Å². The van der Waals surface area contributed by atoms with Gasteiger partial charge in [-0.15, -0.1) is 0 Å². The number of Topliss-reactive ketones (excluding diaryl/α,β-unsaturated/α-hetero) is 1. The molecule has 2 aliphatic heterocycles. The van der Waals surface area contributed by atoms with Gasteiger partial charge in [-0.05, 0) is 6.92 Å². The SMILES string of the molecule is CC(C(=O)N1CCC(=O)CC1)N1CCOCC1. The van der Waals surface area contributed by atoms with Crippen molar-refractivity contribution < 1.29 is 14.3 Å². The van der Waals surface area contributed by atoms with E-state index in [1.807, 2.05) is 11.8 Å². The monoisotopic (exact) mass is 240 g/mol. The third-order valence-corrected chi connectivity index (χ3v) is 3.58. The zero-order valence-corrected chi connectivity index (χ0v) is 10.4. The maximum atomic E-state index is 12.2. The number of piperidine rings is 1. The third kappa shape index (κ3) is 3.04. The van der Waals surface area contributed by atoms with Gasteiger partial charge in [0.15, 0.2) is 0 Å². The van der Waals surface area contributed by atoms with E-state index >= 15 is 0 Å². The van der Waals surface area contributed by atoms with E-state index in [-0.39, 0.29) is 17.7 Å². The molecule has 1 amide bonds. The van der Waals surface area contributed by atoms with E-state index in [1.165, 1.54) is 0 Å². The number of morpholine rings is 1. The van der Waals surface area contributed by atoms with Crippen molar-refractivity contribution in [3.8, 4) is 0 Å². The second-order valence-corrected chi connectivity index (χ2v) is 4.69. The number of nitrogens with zero attached hydrogens (tertiary/aromatic N) is 2. The minimum atomic E-state index is -0.0906. The number of amides is 1. The van der Waals surface area contributed by atoms with Gasteiger partial charge >= 0.3 is 0 Å². The van der Waals surface area contributed by atoms with Gasteiger partial charge in [-0.2, -0.15) is 0 Å². The van der Waals surface area contributed by atoms with E-state index in [4.69, 9.17) is 4.74 Å². The molecular weight excluding hydrogens is 220 g/mol. The van der Waals surface area contributed by atoms with Crippen molar-refractivity contribution in [3.63, 3.8) is 0 Å². The lowest BCUT2D eigenvalue weighted by Gasteiger charge is -2.35. The summed E-state index contributed by atoms with van der Waals surface area (Å²) >= 11 is 0. The number of hydrogen-bond acceptors (Lipinski definition) is 4. The van der Waals surface area contributed by atoms with Gasteiger partial charge < -0.3 is 9.64 Å². The molecule has 0 aliphatic carbocycles. The van der Waals surface area contributed by atoms with Crippen LogP contribution in [0.3, 0.4) is 0 Å². The first-order valence-corrected chi connectivity index (χ1v) is 6.31. The molecule has 0 saturated carbocycles. The van der Waals surface area contributed by atoms with Crippen molar-refractivity contribution >= 4 is 11.7 Å². The molecule has 2 heterocycles. The first-order valence-electron chi connectivity index (χ1n) is 6.31. The molecule has 0 bridgehead atoms. The predicted octanol–water partition coefficient (Wildman–Crippen LogP) is -0.101. The third-order valence-electron chi connectivity index (χ3n) is 3.58. The lowest BCUT2D eigenvalue weighted by molar-refractivity contribution is -0.140. The van der Waals surface area contributed by atoms with E-state index < -0.39 is 0 Å². The fraction of sp³-hybridized carbons (Fsp3) is 0.833. The van der Waals surface area contributed by atoms with Crippen LogP contribution in [0.1, 0.15) is 19.8 Å². The minimum Gasteiger partial charge on any atom is -0.379 e. The fourth-order valence-electron chi connectivity index (χ4n) is 2.36. The van der Waals surface area contributed by atoms with Gasteiger partial charge in [-0.25, -0.2) is 0 Å². The predicted molar refractivity (Wildman–Crippen MR) is 62.7 cm³/mol. The maximum Gasteiger partial charge on any atom is 0.239 e. The van der Waals surface area contributed by atoms with Crippen molar-refractivity contribution in [2.45, 2.75) is 25.8 Å². The standard InChI is InChI=1S/C12H20N2O3/c1-10(13-6-8-17-9-7-13)12(16)14-4-2-11(15)3-5-14/h10H,2-9H2,1H3. The molecule has 1 atom stereocenters. The van der Waals surface area contributed by atoms with Gasteiger partial charge in [0.05, 0.1) is 19.3 Å². The number of rotatable bonds is 2. The highest BCUT2D eigenvalue weighted by Gasteiger charge is 2.29. The van der Waals surface area contributed by atoms with E-state index in [2.05, 4.69) is 4.90 Å². The molecule has 5 nitrogen and oxygen atoms in total. The Morgan fingerprint density at radius 3 is 2.35 bits per heavy atom. The molecule has 0 aromatic rings. The highest BCUT2D eigenvalue weighted by molar-refractivity contribution is 5.85. The van der Waals surface area contributed by atoms with E-state index in [0.717, 1.165) is 13.1 Å². The molecule has 96 valence electrons. The van der Waals surface area contributed by atoms with Gasteiger partial charge in [0.1, 0.15) is 5.78 Å². The lowest BCUT2D eigenvalue weighted by atomic mass is 10.1. The van der Waals surface area contributed by atoms with Crippen molar-refractivity contribution in [2.75, 3.05) is 39.4 Å². The first kappa shape index (κ1) is 12.5. The number of ether oxygens (including phenoxy) is 1. The van der Waals surface area contributed by atoms with Crippen LogP contribution in [-0.2, 0) is 14.3 Å². The Balaban J connectivity index is 1.87. The van der Waals surface area contributed by atoms with Crippen LogP contribution in [0.2, 0.25) is 0 Å². The van der Waals surface area contributed by atoms with Crippen LogP contribution in [0, 0.1) is 0 Å². The summed E-state index contributed by atoms with van der Waals surface area (Å²) in [5.41, 5.74) is 0. The van der Waals surface area contributed by atoms with Crippen LogP contribution in [0.5, 0.6) is 0 Å². The Kier molecular flexibility index (Phi) is 4.12. The second-order valence-electron chi connectivity index (χ2n) is 4.69. The molecule has 2 saturated heterocycles. The Morgan fingerprint density at radius 1 is 1.18 bits per heavy atom. The Morgan fingerprint density at radius 2 is 1.76 bits per heavy atom. The van der Waals surface area contributed by atoms with E-state index in [9.17, 15) is 9.59 Å². The second kappa shape index (κ2) is 5.60. The maximum absolute atomic E-state index is 12.2.